The van der Waals surface area contributed by atoms with Gasteiger partial charge in [0, 0.05) is 6.07 Å². The molecule has 1 atom stereocenters. The van der Waals surface area contributed by atoms with Crippen LogP contribution in [0.5, 0.6) is 0 Å². The molecule has 0 fully saturated rings. The van der Waals surface area contributed by atoms with Crippen LogP contribution in [-0.4, -0.2) is 31.3 Å². The van der Waals surface area contributed by atoms with Crippen molar-refractivity contribution in [3.05, 3.63) is 21.4 Å². The Morgan fingerprint density at radius 3 is 2.90 bits per heavy atom. The number of anilines is 2. The molecule has 0 aliphatic heterocycles. The highest BCUT2D eigenvalue weighted by molar-refractivity contribution is 8.00. The lowest BCUT2D eigenvalue weighted by Gasteiger charge is -2.09. The largest absolute Gasteiger partial charge is 0.383 e. The number of carbonyl (C=O) groups excluding carboxylic acids is 1. The van der Waals surface area contributed by atoms with Crippen LogP contribution in [0.15, 0.2) is 16.0 Å². The molecule has 1 unspecified atom stereocenters. The lowest BCUT2D eigenvalue weighted by atomic mass is 10.4. The van der Waals surface area contributed by atoms with E-state index in [0.29, 0.717) is 10.3 Å². The monoisotopic (exact) mass is 312 g/mol. The molecule has 0 aliphatic rings. The normalized spacial score (nSPS) is 12.1. The molecule has 2 rings (SSSR count). The van der Waals surface area contributed by atoms with E-state index in [0.717, 1.165) is 16.8 Å². The fourth-order valence-corrected chi connectivity index (χ4v) is 2.70. The van der Waals surface area contributed by atoms with Crippen LogP contribution in [0.1, 0.15) is 11.9 Å². The third kappa shape index (κ3) is 3.78. The fourth-order valence-electron chi connectivity index (χ4n) is 1.28. The van der Waals surface area contributed by atoms with E-state index in [1.807, 2.05) is 0 Å². The number of nitrogens with two attached hydrogens (primary N) is 1. The Labute approximate surface area is 122 Å². The van der Waals surface area contributed by atoms with E-state index >= 15 is 0 Å². The van der Waals surface area contributed by atoms with Crippen molar-refractivity contribution in [2.45, 2.75) is 24.3 Å². The molecule has 0 aromatic carbocycles. The van der Waals surface area contributed by atoms with E-state index in [1.165, 1.54) is 17.4 Å². The highest BCUT2D eigenvalue weighted by Gasteiger charge is 2.17. The molecule has 1 amide bonds. The standard InChI is InChI=1S/C10H12N6O2S2/c1-4(8(18)14-10-16-15-5(2)20-10)19-9-12-6(11)3-7(17)13-9/h3-4H,1-2H3,(H,14,16,18)(H3,11,12,13,17). The van der Waals surface area contributed by atoms with Crippen LogP contribution in [0.2, 0.25) is 0 Å². The average molecular weight is 312 g/mol. The molecule has 106 valence electrons. The van der Waals surface area contributed by atoms with Crippen molar-refractivity contribution in [2.24, 2.45) is 0 Å². The predicted octanol–water partition coefficient (Wildman–Crippen LogP) is 0.631. The van der Waals surface area contributed by atoms with Gasteiger partial charge in [0.15, 0.2) is 5.16 Å². The first-order chi connectivity index (χ1) is 9.44. The van der Waals surface area contributed by atoms with Crippen LogP contribution < -0.4 is 16.6 Å². The van der Waals surface area contributed by atoms with Gasteiger partial charge in [-0.15, -0.1) is 10.2 Å². The molecule has 10 heteroatoms. The van der Waals surface area contributed by atoms with Gasteiger partial charge in [0.25, 0.3) is 5.56 Å². The van der Waals surface area contributed by atoms with Crippen LogP contribution in [-0.2, 0) is 4.79 Å². The Morgan fingerprint density at radius 1 is 1.55 bits per heavy atom. The third-order valence-corrected chi connectivity index (χ3v) is 3.89. The molecule has 4 N–H and O–H groups in total. The molecule has 0 radical (unpaired) electrons. The minimum atomic E-state index is -0.468. The number of aromatic nitrogens is 4. The van der Waals surface area contributed by atoms with Crippen molar-refractivity contribution >= 4 is 40.0 Å². The Bertz CT molecular complexity index is 682. The smallest absolute Gasteiger partial charge is 0.253 e. The molecule has 0 aliphatic carbocycles. The Morgan fingerprint density at radius 2 is 2.30 bits per heavy atom. The zero-order valence-corrected chi connectivity index (χ0v) is 12.3. The quantitative estimate of drug-likeness (QED) is 0.558. The summed E-state index contributed by atoms with van der Waals surface area (Å²) in [5.41, 5.74) is 5.12. The summed E-state index contributed by atoms with van der Waals surface area (Å²) >= 11 is 2.39. The number of amides is 1. The molecule has 0 spiro atoms. The van der Waals surface area contributed by atoms with Crippen molar-refractivity contribution in [1.29, 1.82) is 0 Å². The number of hydrogen-bond donors (Lipinski definition) is 3. The van der Waals surface area contributed by atoms with Crippen molar-refractivity contribution in [2.75, 3.05) is 11.1 Å². The molecular formula is C10H12N6O2S2. The highest BCUT2D eigenvalue weighted by Crippen LogP contribution is 2.21. The number of nitrogens with zero attached hydrogens (tertiary/aromatic N) is 3. The van der Waals surface area contributed by atoms with Crippen molar-refractivity contribution in [1.82, 2.24) is 20.2 Å². The molecule has 2 heterocycles. The number of aryl methyl sites for hydroxylation is 1. The second-order valence-corrected chi connectivity index (χ2v) is 6.36. The van der Waals surface area contributed by atoms with Gasteiger partial charge in [0.1, 0.15) is 10.8 Å². The van der Waals surface area contributed by atoms with Gasteiger partial charge in [0.05, 0.1) is 5.25 Å². The SMILES string of the molecule is Cc1nnc(NC(=O)C(C)Sc2nc(N)cc(=O)[nH]2)s1. The van der Waals surface area contributed by atoms with Crippen molar-refractivity contribution in [3.63, 3.8) is 0 Å². The molecular weight excluding hydrogens is 300 g/mol. The summed E-state index contributed by atoms with van der Waals surface area (Å²) in [6.45, 7) is 3.49. The minimum absolute atomic E-state index is 0.114. The molecule has 8 nitrogen and oxygen atoms in total. The second-order valence-electron chi connectivity index (χ2n) is 3.85. The van der Waals surface area contributed by atoms with Crippen LogP contribution in [0.4, 0.5) is 10.9 Å². The van der Waals surface area contributed by atoms with E-state index in [1.54, 1.807) is 13.8 Å². The lowest BCUT2D eigenvalue weighted by molar-refractivity contribution is -0.115. The van der Waals surface area contributed by atoms with Gasteiger partial charge in [0.2, 0.25) is 11.0 Å². The number of thioether (sulfide) groups is 1. The Balaban J connectivity index is 2.02. The molecule has 20 heavy (non-hydrogen) atoms. The zero-order valence-electron chi connectivity index (χ0n) is 10.7. The first kappa shape index (κ1) is 14.5. The lowest BCUT2D eigenvalue weighted by Crippen LogP contribution is -2.23. The number of nitrogens with one attached hydrogen (secondary N) is 2. The fraction of sp³-hybridized carbons (Fsp3) is 0.300. The summed E-state index contributed by atoms with van der Waals surface area (Å²) in [5, 5.41) is 11.3. The van der Waals surface area contributed by atoms with Crippen molar-refractivity contribution < 1.29 is 4.79 Å². The maximum Gasteiger partial charge on any atom is 0.253 e. The topological polar surface area (TPSA) is 127 Å². The number of nitrogen functional groups attached to an aromatic ring is 1. The maximum absolute atomic E-state index is 12.0. The summed E-state index contributed by atoms with van der Waals surface area (Å²) < 4.78 is 0. The van der Waals surface area contributed by atoms with Gasteiger partial charge in [-0.3, -0.25) is 14.9 Å². The number of aromatic amines is 1. The summed E-state index contributed by atoms with van der Waals surface area (Å²) in [6, 6.07) is 1.18. The highest BCUT2D eigenvalue weighted by atomic mass is 32.2. The molecule has 0 saturated carbocycles. The van der Waals surface area contributed by atoms with Gasteiger partial charge in [-0.25, -0.2) is 4.98 Å². The Hall–Kier alpha value is -1.94. The van der Waals surface area contributed by atoms with E-state index < -0.39 is 5.25 Å². The second kappa shape index (κ2) is 6.01. The van der Waals surface area contributed by atoms with E-state index in [-0.39, 0.29) is 17.3 Å². The molecule has 0 bridgehead atoms. The summed E-state index contributed by atoms with van der Waals surface area (Å²) in [6.07, 6.45) is 0. The summed E-state index contributed by atoms with van der Waals surface area (Å²) in [7, 11) is 0. The summed E-state index contributed by atoms with van der Waals surface area (Å²) in [5.74, 6) is -0.139. The van der Waals surface area contributed by atoms with Gasteiger partial charge in [-0.2, -0.15) is 0 Å². The predicted molar refractivity (Wildman–Crippen MR) is 77.9 cm³/mol. The third-order valence-electron chi connectivity index (χ3n) is 2.15. The van der Waals surface area contributed by atoms with Crippen LogP contribution >= 0.6 is 23.1 Å². The summed E-state index contributed by atoms with van der Waals surface area (Å²) in [4.78, 5) is 29.7. The van der Waals surface area contributed by atoms with Gasteiger partial charge >= 0.3 is 0 Å². The molecule has 2 aromatic rings. The van der Waals surface area contributed by atoms with E-state index in [9.17, 15) is 9.59 Å². The first-order valence-electron chi connectivity index (χ1n) is 5.58. The van der Waals surface area contributed by atoms with E-state index in [4.69, 9.17) is 5.73 Å². The van der Waals surface area contributed by atoms with Gasteiger partial charge < -0.3 is 10.7 Å². The molecule has 2 aromatic heterocycles. The zero-order chi connectivity index (χ0) is 14.7. The number of H-pyrrole nitrogens is 1. The van der Waals surface area contributed by atoms with E-state index in [2.05, 4.69) is 25.5 Å². The van der Waals surface area contributed by atoms with Crippen LogP contribution in [0.3, 0.4) is 0 Å². The minimum Gasteiger partial charge on any atom is -0.383 e. The number of carbonyl (C=O) groups is 1. The van der Waals surface area contributed by atoms with Crippen LogP contribution in [0.25, 0.3) is 0 Å². The average Bonchev–Trinajstić information content (AvgIpc) is 2.73. The number of rotatable bonds is 4. The molecule has 0 saturated heterocycles. The van der Waals surface area contributed by atoms with Gasteiger partial charge in [-0.05, 0) is 13.8 Å². The maximum atomic E-state index is 12.0. The Kier molecular flexibility index (Phi) is 4.35. The van der Waals surface area contributed by atoms with Crippen LogP contribution in [0, 0.1) is 6.92 Å². The van der Waals surface area contributed by atoms with Gasteiger partial charge in [-0.1, -0.05) is 23.1 Å². The first-order valence-corrected chi connectivity index (χ1v) is 7.28. The number of hydrogen-bond acceptors (Lipinski definition) is 8. The van der Waals surface area contributed by atoms with Crippen molar-refractivity contribution in [3.8, 4) is 0 Å².